The van der Waals surface area contributed by atoms with E-state index in [4.69, 9.17) is 0 Å². The highest BCUT2D eigenvalue weighted by Gasteiger charge is 2.08. The van der Waals surface area contributed by atoms with Crippen LogP contribution < -0.4 is 4.72 Å². The third-order valence-electron chi connectivity index (χ3n) is 0.867. The summed E-state index contributed by atoms with van der Waals surface area (Å²) in [6, 6.07) is 0. The van der Waals surface area contributed by atoms with E-state index in [0.717, 1.165) is 0 Å². The molecule has 0 heterocycles. The predicted molar refractivity (Wildman–Crippen MR) is 41.1 cm³/mol. The van der Waals surface area contributed by atoms with Gasteiger partial charge < -0.3 is 0 Å². The molecule has 11 heavy (non-hydrogen) atoms. The molecule has 0 aliphatic heterocycles. The summed E-state index contributed by atoms with van der Waals surface area (Å²) in [6.07, 6.45) is 0. The Balaban J connectivity index is 4.25. The maximum absolute atomic E-state index is 10.7. The minimum absolute atomic E-state index is 0.121. The van der Waals surface area contributed by atoms with Crippen LogP contribution in [-0.4, -0.2) is 20.1 Å². The minimum atomic E-state index is -3.44. The molecule has 0 saturated heterocycles. The average Bonchev–Trinajstić information content (AvgIpc) is 1.87. The number of carbonyl (C=O) groups is 1. The molecule has 0 saturated carbocycles. The van der Waals surface area contributed by atoms with Gasteiger partial charge in [-0.3, -0.25) is 4.79 Å². The van der Waals surface area contributed by atoms with Crippen LogP contribution in [0.15, 0.2) is 0 Å². The first-order chi connectivity index (χ1) is 5.02. The maximum atomic E-state index is 10.7. The van der Waals surface area contributed by atoms with Crippen LogP contribution in [0.25, 0.3) is 0 Å². The van der Waals surface area contributed by atoms with Gasteiger partial charge in [0.05, 0.1) is 5.75 Å². The lowest BCUT2D eigenvalue weighted by atomic mass is 10.6. The highest BCUT2D eigenvalue weighted by atomic mass is 32.2. The summed E-state index contributed by atoms with van der Waals surface area (Å²) in [5.41, 5.74) is 0. The topological polar surface area (TPSA) is 63.2 Å². The summed E-state index contributed by atoms with van der Waals surface area (Å²) < 4.78 is 23.1. The van der Waals surface area contributed by atoms with Crippen LogP contribution in [0, 0.1) is 11.8 Å². The highest BCUT2D eigenvalue weighted by molar-refractivity contribution is 7.90. The van der Waals surface area contributed by atoms with Crippen molar-refractivity contribution in [2.24, 2.45) is 0 Å². The van der Waals surface area contributed by atoms with Crippen molar-refractivity contribution in [2.75, 3.05) is 5.75 Å². The van der Waals surface area contributed by atoms with E-state index in [1.54, 1.807) is 4.72 Å². The van der Waals surface area contributed by atoms with Gasteiger partial charge in [0, 0.05) is 0 Å². The minimum Gasteiger partial charge on any atom is -0.258 e. The highest BCUT2D eigenvalue weighted by Crippen LogP contribution is 1.80. The van der Waals surface area contributed by atoms with Gasteiger partial charge >= 0.3 is 5.91 Å². The second-order valence-electron chi connectivity index (χ2n) is 1.71. The predicted octanol–water partition coefficient (Wildman–Crippen LogP) is -0.524. The van der Waals surface area contributed by atoms with Crippen LogP contribution in [0.3, 0.4) is 0 Å². The molecule has 0 aliphatic rings. The second-order valence-corrected chi connectivity index (χ2v) is 3.72. The number of hydrogen-bond acceptors (Lipinski definition) is 3. The third kappa shape index (κ3) is 4.39. The summed E-state index contributed by atoms with van der Waals surface area (Å²) in [7, 11) is -3.44. The zero-order chi connectivity index (χ0) is 8.91. The van der Waals surface area contributed by atoms with E-state index in [2.05, 4.69) is 11.8 Å². The Bertz CT molecular complexity index is 294. The number of nitrogens with one attached hydrogen (secondary N) is 1. The second kappa shape index (κ2) is 3.98. The van der Waals surface area contributed by atoms with E-state index in [1.807, 2.05) is 0 Å². The molecule has 1 amide bonds. The number of rotatable bonds is 2. The van der Waals surface area contributed by atoms with Crippen molar-refractivity contribution < 1.29 is 13.2 Å². The first-order valence-electron chi connectivity index (χ1n) is 2.99. The molecule has 0 unspecified atom stereocenters. The Morgan fingerprint density at radius 1 is 1.55 bits per heavy atom. The van der Waals surface area contributed by atoms with Crippen LogP contribution in [-0.2, 0) is 14.8 Å². The lowest BCUT2D eigenvalue weighted by Crippen LogP contribution is -2.30. The van der Waals surface area contributed by atoms with Crippen LogP contribution >= 0.6 is 0 Å². The molecule has 0 radical (unpaired) electrons. The van der Waals surface area contributed by atoms with Crippen molar-refractivity contribution in [1.82, 2.24) is 4.72 Å². The number of hydrogen-bond donors (Lipinski definition) is 1. The van der Waals surface area contributed by atoms with Crippen LogP contribution in [0.5, 0.6) is 0 Å². The lowest BCUT2D eigenvalue weighted by molar-refractivity contribution is -0.114. The Labute approximate surface area is 66.0 Å². The van der Waals surface area contributed by atoms with Crippen molar-refractivity contribution in [3.05, 3.63) is 0 Å². The summed E-state index contributed by atoms with van der Waals surface area (Å²) in [5.74, 6) is 3.44. The Hall–Kier alpha value is -1.02. The monoisotopic (exact) mass is 175 g/mol. The first-order valence-corrected chi connectivity index (χ1v) is 4.64. The summed E-state index contributed by atoms with van der Waals surface area (Å²) in [4.78, 5) is 10.6. The normalized spacial score (nSPS) is 9.64. The summed E-state index contributed by atoms with van der Waals surface area (Å²) >= 11 is 0. The Kier molecular flexibility index (Phi) is 3.61. The van der Waals surface area contributed by atoms with Crippen molar-refractivity contribution in [3.8, 4) is 11.8 Å². The maximum Gasteiger partial charge on any atom is 0.309 e. The van der Waals surface area contributed by atoms with Gasteiger partial charge in [-0.2, -0.15) is 0 Å². The third-order valence-corrected chi connectivity index (χ3v) is 2.12. The van der Waals surface area contributed by atoms with Crippen molar-refractivity contribution in [2.45, 2.75) is 13.8 Å². The zero-order valence-electron chi connectivity index (χ0n) is 6.34. The van der Waals surface area contributed by atoms with Crippen molar-refractivity contribution >= 4 is 15.9 Å². The molecule has 0 aromatic heterocycles. The van der Waals surface area contributed by atoms with Gasteiger partial charge in [0.1, 0.15) is 0 Å². The molecular formula is C6H9NO3S. The fourth-order valence-corrected chi connectivity index (χ4v) is 0.830. The van der Waals surface area contributed by atoms with E-state index >= 15 is 0 Å². The zero-order valence-corrected chi connectivity index (χ0v) is 7.16. The smallest absolute Gasteiger partial charge is 0.258 e. The molecule has 1 N–H and O–H groups in total. The standard InChI is InChI=1S/C6H9NO3S/c1-3-5-6(8)7-11(9,10)4-2/h4H2,1-2H3,(H,7,8). The van der Waals surface area contributed by atoms with Gasteiger partial charge in [-0.1, -0.05) is 5.92 Å². The van der Waals surface area contributed by atoms with E-state index in [1.165, 1.54) is 13.8 Å². The molecule has 0 atom stereocenters. The van der Waals surface area contributed by atoms with Crippen LogP contribution in [0.1, 0.15) is 13.8 Å². The SMILES string of the molecule is CC#CC(=O)NS(=O)(=O)CC. The number of sulfonamides is 1. The molecular weight excluding hydrogens is 166 g/mol. The van der Waals surface area contributed by atoms with Crippen molar-refractivity contribution in [1.29, 1.82) is 0 Å². The molecule has 62 valence electrons. The van der Waals surface area contributed by atoms with Gasteiger partial charge in [-0.15, -0.1) is 0 Å². The fourth-order valence-electron chi connectivity index (χ4n) is 0.352. The Morgan fingerprint density at radius 2 is 2.09 bits per heavy atom. The van der Waals surface area contributed by atoms with E-state index in [0.29, 0.717) is 0 Å². The van der Waals surface area contributed by atoms with E-state index in [-0.39, 0.29) is 5.75 Å². The molecule has 0 aliphatic carbocycles. The van der Waals surface area contributed by atoms with E-state index < -0.39 is 15.9 Å². The van der Waals surface area contributed by atoms with Crippen molar-refractivity contribution in [3.63, 3.8) is 0 Å². The largest absolute Gasteiger partial charge is 0.309 e. The average molecular weight is 175 g/mol. The van der Waals surface area contributed by atoms with Crippen LogP contribution in [0.4, 0.5) is 0 Å². The molecule has 0 bridgehead atoms. The molecule has 5 heteroatoms. The Morgan fingerprint density at radius 3 is 2.45 bits per heavy atom. The molecule has 0 spiro atoms. The van der Waals surface area contributed by atoms with E-state index in [9.17, 15) is 13.2 Å². The number of amides is 1. The molecule has 4 nitrogen and oxygen atoms in total. The van der Waals surface area contributed by atoms with Gasteiger partial charge in [-0.25, -0.2) is 13.1 Å². The number of carbonyl (C=O) groups excluding carboxylic acids is 1. The summed E-state index contributed by atoms with van der Waals surface area (Å²) in [6.45, 7) is 2.90. The van der Waals surface area contributed by atoms with Crippen LogP contribution in [0.2, 0.25) is 0 Å². The van der Waals surface area contributed by atoms with Gasteiger partial charge in [0.25, 0.3) is 0 Å². The molecule has 0 rings (SSSR count). The molecule has 0 fully saturated rings. The van der Waals surface area contributed by atoms with Gasteiger partial charge in [0.15, 0.2) is 0 Å². The van der Waals surface area contributed by atoms with Gasteiger partial charge in [0.2, 0.25) is 10.0 Å². The molecule has 0 aromatic carbocycles. The first kappa shape index (κ1) is 9.98. The molecule has 0 aromatic rings. The summed E-state index contributed by atoms with van der Waals surface area (Å²) in [5, 5.41) is 0. The lowest BCUT2D eigenvalue weighted by Gasteiger charge is -1.97. The quantitative estimate of drug-likeness (QED) is 0.574. The fraction of sp³-hybridized carbons (Fsp3) is 0.500. The van der Waals surface area contributed by atoms with Gasteiger partial charge in [-0.05, 0) is 19.8 Å².